The van der Waals surface area contributed by atoms with E-state index in [1.165, 1.54) is 4.88 Å². The van der Waals surface area contributed by atoms with E-state index < -0.39 is 0 Å². The van der Waals surface area contributed by atoms with Crippen molar-refractivity contribution in [2.24, 2.45) is 7.05 Å². The largest absolute Gasteiger partial charge is 0.332 e. The Morgan fingerprint density at radius 2 is 2.24 bits per heavy atom. The van der Waals surface area contributed by atoms with Crippen LogP contribution in [0.4, 0.5) is 0 Å². The molecule has 0 amide bonds. The summed E-state index contributed by atoms with van der Waals surface area (Å²) in [4.78, 5) is 10.2. The maximum atomic E-state index is 4.59. The van der Waals surface area contributed by atoms with Crippen LogP contribution in [0.3, 0.4) is 0 Å². The van der Waals surface area contributed by atoms with Gasteiger partial charge in [0.15, 0.2) is 10.8 Å². The second-order valence-corrected chi connectivity index (χ2v) is 5.51. The number of hydrogen-bond donors (Lipinski definition) is 1. The Labute approximate surface area is 106 Å². The van der Waals surface area contributed by atoms with Gasteiger partial charge in [-0.15, -0.1) is 11.3 Å². The summed E-state index contributed by atoms with van der Waals surface area (Å²) >= 11 is 1.72. The molecule has 0 aromatic carbocycles. The summed E-state index contributed by atoms with van der Waals surface area (Å²) < 4.78 is 2.00. The number of aromatic nitrogens is 3. The van der Waals surface area contributed by atoms with E-state index in [0.29, 0.717) is 6.04 Å². The van der Waals surface area contributed by atoms with E-state index in [9.17, 15) is 0 Å². The number of hydrogen-bond acceptors (Lipinski definition) is 4. The zero-order valence-corrected chi connectivity index (χ0v) is 11.5. The molecule has 17 heavy (non-hydrogen) atoms. The minimum atomic E-state index is 0.494. The number of thiazole rings is 1. The van der Waals surface area contributed by atoms with Crippen LogP contribution < -0.4 is 5.32 Å². The molecule has 0 aliphatic carbocycles. The summed E-state index contributed by atoms with van der Waals surface area (Å²) in [6, 6.07) is 0.494. The molecule has 0 saturated carbocycles. The van der Waals surface area contributed by atoms with Crippen molar-refractivity contribution in [2.75, 3.05) is 0 Å². The lowest BCUT2D eigenvalue weighted by Gasteiger charge is -2.05. The summed E-state index contributed by atoms with van der Waals surface area (Å²) in [6.07, 6.45) is 3.75. The molecule has 2 heterocycles. The van der Waals surface area contributed by atoms with Crippen molar-refractivity contribution in [1.29, 1.82) is 0 Å². The minimum absolute atomic E-state index is 0.494. The van der Waals surface area contributed by atoms with Gasteiger partial charge in [0.2, 0.25) is 0 Å². The molecule has 1 N–H and O–H groups in total. The first-order chi connectivity index (χ1) is 8.08. The number of imidazole rings is 1. The lowest BCUT2D eigenvalue weighted by molar-refractivity contribution is 0.591. The Morgan fingerprint density at radius 3 is 2.82 bits per heavy atom. The second kappa shape index (κ2) is 4.98. The van der Waals surface area contributed by atoms with Crippen LogP contribution in [0.15, 0.2) is 12.4 Å². The fourth-order valence-electron chi connectivity index (χ4n) is 1.56. The highest BCUT2D eigenvalue weighted by molar-refractivity contribution is 7.15. The SMILES string of the molecule is Cc1nc(-c2nccn2C)sc1CNC(C)C. The molecule has 2 rings (SSSR count). The van der Waals surface area contributed by atoms with E-state index in [2.05, 4.69) is 36.1 Å². The molecule has 92 valence electrons. The number of aryl methyl sites for hydroxylation is 2. The van der Waals surface area contributed by atoms with Crippen LogP contribution in [0.5, 0.6) is 0 Å². The Kier molecular flexibility index (Phi) is 3.59. The predicted molar refractivity (Wildman–Crippen MR) is 71.0 cm³/mol. The number of nitrogens with zero attached hydrogens (tertiary/aromatic N) is 3. The average molecular weight is 250 g/mol. The predicted octanol–water partition coefficient (Wildman–Crippen LogP) is 2.35. The van der Waals surface area contributed by atoms with E-state index in [4.69, 9.17) is 0 Å². The molecule has 0 aliphatic rings. The summed E-state index contributed by atoms with van der Waals surface area (Å²) in [5, 5.41) is 4.41. The van der Waals surface area contributed by atoms with Crippen LogP contribution in [0, 0.1) is 6.92 Å². The van der Waals surface area contributed by atoms with Crippen molar-refractivity contribution in [3.8, 4) is 10.8 Å². The first-order valence-electron chi connectivity index (χ1n) is 5.75. The molecule has 0 radical (unpaired) electrons. The topological polar surface area (TPSA) is 42.7 Å². The number of nitrogens with one attached hydrogen (secondary N) is 1. The van der Waals surface area contributed by atoms with Gasteiger partial charge in [0.1, 0.15) is 0 Å². The molecule has 0 aliphatic heterocycles. The van der Waals surface area contributed by atoms with Crippen LogP contribution in [0.2, 0.25) is 0 Å². The van der Waals surface area contributed by atoms with Gasteiger partial charge in [-0.05, 0) is 6.92 Å². The normalized spacial score (nSPS) is 11.4. The highest BCUT2D eigenvalue weighted by Gasteiger charge is 2.12. The monoisotopic (exact) mass is 250 g/mol. The van der Waals surface area contributed by atoms with E-state index in [1.54, 1.807) is 17.5 Å². The summed E-state index contributed by atoms with van der Waals surface area (Å²) in [5.41, 5.74) is 1.10. The smallest absolute Gasteiger partial charge is 0.168 e. The Balaban J connectivity index is 2.22. The third-order valence-electron chi connectivity index (χ3n) is 2.58. The van der Waals surface area contributed by atoms with Gasteiger partial charge in [0, 0.05) is 36.9 Å². The van der Waals surface area contributed by atoms with E-state index in [1.807, 2.05) is 17.8 Å². The van der Waals surface area contributed by atoms with Crippen LogP contribution in [0.1, 0.15) is 24.4 Å². The molecular weight excluding hydrogens is 232 g/mol. The van der Waals surface area contributed by atoms with E-state index in [0.717, 1.165) is 23.1 Å². The summed E-state index contributed by atoms with van der Waals surface area (Å²) in [6.45, 7) is 7.23. The van der Waals surface area contributed by atoms with Crippen molar-refractivity contribution in [3.05, 3.63) is 23.0 Å². The summed E-state index contributed by atoms with van der Waals surface area (Å²) in [5.74, 6) is 0.939. The first-order valence-corrected chi connectivity index (χ1v) is 6.57. The van der Waals surface area contributed by atoms with Gasteiger partial charge in [-0.25, -0.2) is 9.97 Å². The molecule has 2 aromatic rings. The van der Waals surface area contributed by atoms with Crippen molar-refractivity contribution < 1.29 is 0 Å². The molecule has 5 heteroatoms. The fourth-order valence-corrected chi connectivity index (χ4v) is 2.61. The van der Waals surface area contributed by atoms with E-state index in [-0.39, 0.29) is 0 Å². The van der Waals surface area contributed by atoms with Gasteiger partial charge in [0.05, 0.1) is 5.69 Å². The summed E-state index contributed by atoms with van der Waals surface area (Å²) in [7, 11) is 1.99. The molecule has 0 unspecified atom stereocenters. The highest BCUT2D eigenvalue weighted by atomic mass is 32.1. The van der Waals surface area contributed by atoms with Crippen molar-refractivity contribution in [1.82, 2.24) is 19.9 Å². The van der Waals surface area contributed by atoms with Crippen LogP contribution in [-0.4, -0.2) is 20.6 Å². The highest BCUT2D eigenvalue weighted by Crippen LogP contribution is 2.26. The van der Waals surface area contributed by atoms with Crippen LogP contribution in [-0.2, 0) is 13.6 Å². The maximum absolute atomic E-state index is 4.59. The Hall–Kier alpha value is -1.20. The molecule has 0 spiro atoms. The lowest BCUT2D eigenvalue weighted by atomic mass is 10.3. The van der Waals surface area contributed by atoms with Crippen molar-refractivity contribution >= 4 is 11.3 Å². The van der Waals surface area contributed by atoms with Gasteiger partial charge in [-0.2, -0.15) is 0 Å². The standard InChI is InChI=1S/C12H18N4S/c1-8(2)14-7-10-9(3)15-12(17-10)11-13-5-6-16(11)4/h5-6,8,14H,7H2,1-4H3. The van der Waals surface area contributed by atoms with Gasteiger partial charge in [0.25, 0.3) is 0 Å². The first kappa shape index (κ1) is 12.3. The third kappa shape index (κ3) is 2.73. The van der Waals surface area contributed by atoms with Gasteiger partial charge < -0.3 is 9.88 Å². The lowest BCUT2D eigenvalue weighted by Crippen LogP contribution is -2.21. The minimum Gasteiger partial charge on any atom is -0.332 e. The Bertz CT molecular complexity index is 498. The van der Waals surface area contributed by atoms with Crippen LogP contribution in [0.25, 0.3) is 10.8 Å². The van der Waals surface area contributed by atoms with Crippen molar-refractivity contribution in [3.63, 3.8) is 0 Å². The van der Waals surface area contributed by atoms with Crippen molar-refractivity contribution in [2.45, 2.75) is 33.4 Å². The molecule has 0 saturated heterocycles. The quantitative estimate of drug-likeness (QED) is 0.905. The van der Waals surface area contributed by atoms with Gasteiger partial charge >= 0.3 is 0 Å². The number of rotatable bonds is 4. The van der Waals surface area contributed by atoms with Gasteiger partial charge in [-0.3, -0.25) is 0 Å². The zero-order chi connectivity index (χ0) is 12.4. The molecule has 0 fully saturated rings. The molecule has 2 aromatic heterocycles. The van der Waals surface area contributed by atoms with Gasteiger partial charge in [-0.1, -0.05) is 13.8 Å². The Morgan fingerprint density at radius 1 is 1.47 bits per heavy atom. The van der Waals surface area contributed by atoms with Crippen LogP contribution >= 0.6 is 11.3 Å². The molecule has 4 nitrogen and oxygen atoms in total. The molecular formula is C12H18N4S. The molecule has 0 bridgehead atoms. The van der Waals surface area contributed by atoms with E-state index >= 15 is 0 Å². The fraction of sp³-hybridized carbons (Fsp3) is 0.500. The zero-order valence-electron chi connectivity index (χ0n) is 10.7. The maximum Gasteiger partial charge on any atom is 0.168 e. The second-order valence-electron chi connectivity index (χ2n) is 4.42. The third-order valence-corrected chi connectivity index (χ3v) is 3.73. The molecule has 0 atom stereocenters. The average Bonchev–Trinajstić information content (AvgIpc) is 2.82.